The van der Waals surface area contributed by atoms with E-state index in [2.05, 4.69) is 5.32 Å². The van der Waals surface area contributed by atoms with E-state index in [4.69, 9.17) is 4.74 Å². The topological polar surface area (TPSA) is 96.0 Å². The van der Waals surface area contributed by atoms with Gasteiger partial charge in [-0.15, -0.1) is 0 Å². The standard InChI is InChI=1S/C31H38FN3O5S/c1-4-20-33-31(37)29(22-24-11-6-5-7-12-24)34(23-25-13-8-9-14-28(25)32)30(36)15-10-21-35(41(3,38)39)26-16-18-27(40-2)19-17-26/h5-9,11-14,16-19,29H,4,10,15,20-23H2,1-3H3,(H,33,37). The lowest BCUT2D eigenvalue weighted by molar-refractivity contribution is -0.141. The maximum absolute atomic E-state index is 14.7. The van der Waals surface area contributed by atoms with Crippen molar-refractivity contribution in [2.24, 2.45) is 0 Å². The average Bonchev–Trinajstić information content (AvgIpc) is 2.96. The van der Waals surface area contributed by atoms with Crippen molar-refractivity contribution in [3.63, 3.8) is 0 Å². The second-order valence-corrected chi connectivity index (χ2v) is 11.7. The minimum absolute atomic E-state index is 0.0387. The van der Waals surface area contributed by atoms with Gasteiger partial charge < -0.3 is 15.0 Å². The highest BCUT2D eigenvalue weighted by Crippen LogP contribution is 2.23. The van der Waals surface area contributed by atoms with Gasteiger partial charge in [0.15, 0.2) is 0 Å². The van der Waals surface area contributed by atoms with E-state index in [1.807, 2.05) is 37.3 Å². The number of hydrogen-bond acceptors (Lipinski definition) is 5. The Labute approximate surface area is 242 Å². The summed E-state index contributed by atoms with van der Waals surface area (Å²) in [6.07, 6.45) is 2.23. The van der Waals surface area contributed by atoms with Gasteiger partial charge in [0, 0.05) is 38.0 Å². The van der Waals surface area contributed by atoms with Crippen molar-refractivity contribution < 1.29 is 27.1 Å². The fourth-order valence-electron chi connectivity index (χ4n) is 4.48. The highest BCUT2D eigenvalue weighted by molar-refractivity contribution is 7.92. The van der Waals surface area contributed by atoms with Crippen LogP contribution in [0, 0.1) is 5.82 Å². The number of nitrogens with zero attached hydrogens (tertiary/aromatic N) is 2. The van der Waals surface area contributed by atoms with Crippen LogP contribution in [0.5, 0.6) is 5.75 Å². The number of methoxy groups -OCH3 is 1. The van der Waals surface area contributed by atoms with Gasteiger partial charge in [0.25, 0.3) is 0 Å². The van der Waals surface area contributed by atoms with Gasteiger partial charge in [0.2, 0.25) is 21.8 Å². The van der Waals surface area contributed by atoms with Crippen molar-refractivity contribution >= 4 is 27.5 Å². The number of anilines is 1. The third kappa shape index (κ3) is 9.31. The highest BCUT2D eigenvalue weighted by Gasteiger charge is 2.31. The van der Waals surface area contributed by atoms with Crippen LogP contribution in [0.1, 0.15) is 37.3 Å². The third-order valence-electron chi connectivity index (χ3n) is 6.63. The van der Waals surface area contributed by atoms with Crippen molar-refractivity contribution in [2.45, 2.75) is 45.2 Å². The molecule has 8 nitrogen and oxygen atoms in total. The van der Waals surface area contributed by atoms with Crippen LogP contribution in [-0.4, -0.2) is 57.6 Å². The molecule has 3 aromatic carbocycles. The number of rotatable bonds is 15. The molecule has 0 spiro atoms. The van der Waals surface area contributed by atoms with Crippen molar-refractivity contribution in [1.29, 1.82) is 0 Å². The van der Waals surface area contributed by atoms with Gasteiger partial charge in [-0.05, 0) is 48.7 Å². The van der Waals surface area contributed by atoms with Crippen LogP contribution in [0.3, 0.4) is 0 Å². The summed E-state index contributed by atoms with van der Waals surface area (Å²) in [4.78, 5) is 28.6. The van der Waals surface area contributed by atoms with E-state index < -0.39 is 21.9 Å². The lowest BCUT2D eigenvalue weighted by Crippen LogP contribution is -2.50. The van der Waals surface area contributed by atoms with Gasteiger partial charge in [0.05, 0.1) is 19.1 Å². The van der Waals surface area contributed by atoms with Crippen molar-refractivity contribution in [3.8, 4) is 5.75 Å². The first-order valence-corrected chi connectivity index (χ1v) is 15.4. The molecule has 10 heteroatoms. The highest BCUT2D eigenvalue weighted by atomic mass is 32.2. The summed E-state index contributed by atoms with van der Waals surface area (Å²) in [5.41, 5.74) is 1.60. The van der Waals surface area contributed by atoms with Crippen molar-refractivity contribution in [2.75, 3.05) is 30.8 Å². The largest absolute Gasteiger partial charge is 0.497 e. The summed E-state index contributed by atoms with van der Waals surface area (Å²) in [7, 11) is -2.11. The zero-order valence-corrected chi connectivity index (χ0v) is 24.6. The first-order chi connectivity index (χ1) is 19.6. The summed E-state index contributed by atoms with van der Waals surface area (Å²) in [6, 6.07) is 21.2. The molecule has 0 fully saturated rings. The molecule has 2 amide bonds. The molecule has 0 aliphatic carbocycles. The number of ether oxygens (including phenoxy) is 1. The Morgan fingerprint density at radius 3 is 2.24 bits per heavy atom. The molecule has 0 saturated heterocycles. The molecule has 0 aliphatic heterocycles. The van der Waals surface area contributed by atoms with Gasteiger partial charge in [-0.2, -0.15) is 0 Å². The number of nitrogens with one attached hydrogen (secondary N) is 1. The Morgan fingerprint density at radius 2 is 1.63 bits per heavy atom. The molecule has 0 bridgehead atoms. The predicted octanol–water partition coefficient (Wildman–Crippen LogP) is 4.55. The van der Waals surface area contributed by atoms with Crippen LogP contribution in [0.25, 0.3) is 0 Å². The van der Waals surface area contributed by atoms with E-state index in [0.717, 1.165) is 18.2 Å². The van der Waals surface area contributed by atoms with Gasteiger partial charge in [-0.25, -0.2) is 12.8 Å². The number of halogens is 1. The summed E-state index contributed by atoms with van der Waals surface area (Å²) < 4.78 is 46.3. The van der Waals surface area contributed by atoms with Crippen LogP contribution < -0.4 is 14.4 Å². The summed E-state index contributed by atoms with van der Waals surface area (Å²) in [6.45, 7) is 2.33. The fraction of sp³-hybridized carbons (Fsp3) is 0.355. The zero-order valence-electron chi connectivity index (χ0n) is 23.8. The quantitative estimate of drug-likeness (QED) is 0.283. The molecule has 0 aromatic heterocycles. The molecule has 0 heterocycles. The predicted molar refractivity (Wildman–Crippen MR) is 159 cm³/mol. The average molecular weight is 584 g/mol. The number of carbonyl (C=O) groups excluding carboxylic acids is 2. The monoisotopic (exact) mass is 583 g/mol. The van der Waals surface area contributed by atoms with Gasteiger partial charge in [-0.3, -0.25) is 13.9 Å². The second-order valence-electron chi connectivity index (χ2n) is 9.75. The minimum Gasteiger partial charge on any atom is -0.497 e. The molecule has 220 valence electrons. The van der Waals surface area contributed by atoms with Gasteiger partial charge >= 0.3 is 0 Å². The third-order valence-corrected chi connectivity index (χ3v) is 7.83. The molecular weight excluding hydrogens is 545 g/mol. The van der Waals surface area contributed by atoms with Crippen LogP contribution in [0.2, 0.25) is 0 Å². The molecule has 1 N–H and O–H groups in total. The fourth-order valence-corrected chi connectivity index (χ4v) is 5.45. The Morgan fingerprint density at radius 1 is 0.976 bits per heavy atom. The smallest absolute Gasteiger partial charge is 0.243 e. The number of amides is 2. The maximum Gasteiger partial charge on any atom is 0.243 e. The van der Waals surface area contributed by atoms with Crippen molar-refractivity contribution in [1.82, 2.24) is 10.2 Å². The lowest BCUT2D eigenvalue weighted by Gasteiger charge is -2.32. The number of benzene rings is 3. The normalized spacial score (nSPS) is 11.9. The van der Waals surface area contributed by atoms with Gasteiger partial charge in [-0.1, -0.05) is 55.5 Å². The molecule has 0 radical (unpaired) electrons. The number of hydrogen-bond donors (Lipinski definition) is 1. The number of carbonyl (C=O) groups is 2. The first kappa shape index (κ1) is 31.6. The number of sulfonamides is 1. The maximum atomic E-state index is 14.7. The SMILES string of the molecule is CCCNC(=O)C(Cc1ccccc1)N(Cc1ccccc1F)C(=O)CCCN(c1ccc(OC)cc1)S(C)(=O)=O. The van der Waals surface area contributed by atoms with E-state index in [-0.39, 0.29) is 49.7 Å². The van der Waals surface area contributed by atoms with E-state index in [9.17, 15) is 22.4 Å². The van der Waals surface area contributed by atoms with Crippen LogP contribution in [0.4, 0.5) is 10.1 Å². The molecule has 41 heavy (non-hydrogen) atoms. The molecule has 0 aliphatic rings. The van der Waals surface area contributed by atoms with Crippen LogP contribution in [-0.2, 0) is 32.6 Å². The molecular formula is C31H38FN3O5S. The Hall–Kier alpha value is -3.92. The molecule has 1 unspecified atom stereocenters. The molecule has 0 saturated carbocycles. The Balaban J connectivity index is 1.87. The molecule has 3 aromatic rings. The molecule has 1 atom stereocenters. The Kier molecular flexibility index (Phi) is 11.7. The summed E-state index contributed by atoms with van der Waals surface area (Å²) in [5.74, 6) is -0.576. The van der Waals surface area contributed by atoms with Crippen LogP contribution >= 0.6 is 0 Å². The minimum atomic E-state index is -3.64. The first-order valence-electron chi connectivity index (χ1n) is 13.6. The van der Waals surface area contributed by atoms with E-state index in [1.165, 1.54) is 22.4 Å². The molecule has 3 rings (SSSR count). The van der Waals surface area contributed by atoms with Crippen molar-refractivity contribution in [3.05, 3.63) is 95.8 Å². The van der Waals surface area contributed by atoms with E-state index in [0.29, 0.717) is 18.0 Å². The van der Waals surface area contributed by atoms with Gasteiger partial charge in [0.1, 0.15) is 17.6 Å². The van der Waals surface area contributed by atoms with Crippen LogP contribution in [0.15, 0.2) is 78.9 Å². The lowest BCUT2D eigenvalue weighted by atomic mass is 10.0. The Bertz CT molecular complexity index is 1380. The second kappa shape index (κ2) is 15.2. The van der Waals surface area contributed by atoms with E-state index >= 15 is 0 Å². The summed E-state index contributed by atoms with van der Waals surface area (Å²) in [5, 5.41) is 2.89. The van der Waals surface area contributed by atoms with E-state index in [1.54, 1.807) is 42.5 Å². The zero-order chi connectivity index (χ0) is 29.8. The summed E-state index contributed by atoms with van der Waals surface area (Å²) >= 11 is 0.